The molecule has 0 bridgehead atoms. The Hall–Kier alpha value is -4.66. The summed E-state index contributed by atoms with van der Waals surface area (Å²) in [6, 6.07) is 37.7. The molecule has 2 atom stereocenters. The van der Waals surface area contributed by atoms with Gasteiger partial charge in [0.25, 0.3) is 0 Å². The van der Waals surface area contributed by atoms with Crippen LogP contribution in [0, 0.1) is 0 Å². The fourth-order valence-corrected chi connectivity index (χ4v) is 6.62. The van der Waals surface area contributed by atoms with Crippen molar-refractivity contribution in [2.45, 2.75) is 110 Å². The summed E-state index contributed by atoms with van der Waals surface area (Å²) in [5.41, 5.74) is 3.96. The minimum Gasteiger partial charge on any atom is -0.488 e. The van der Waals surface area contributed by atoms with Gasteiger partial charge < -0.3 is 24.3 Å². The number of ether oxygens (including phenoxy) is 4. The van der Waals surface area contributed by atoms with Gasteiger partial charge in [0.2, 0.25) is 0 Å². The van der Waals surface area contributed by atoms with E-state index >= 15 is 0 Å². The molecule has 0 amide bonds. The van der Waals surface area contributed by atoms with Gasteiger partial charge in [0.05, 0.1) is 18.9 Å². The molecule has 55 heavy (non-hydrogen) atoms. The monoisotopic (exact) mass is 748 g/mol. The molecule has 2 aliphatic rings. The van der Waals surface area contributed by atoms with E-state index in [1.165, 1.54) is 11.1 Å². The number of nitrogens with one attached hydrogen (secondary N) is 1. The number of hydrogen-bond donors (Lipinski definition) is 1. The van der Waals surface area contributed by atoms with Crippen molar-refractivity contribution in [2.75, 3.05) is 26.2 Å². The summed E-state index contributed by atoms with van der Waals surface area (Å²) in [5.74, 6) is 1.67. The Bertz CT molecular complexity index is 1730. The zero-order chi connectivity index (χ0) is 39.6. The Morgan fingerprint density at radius 1 is 0.582 bits per heavy atom. The molecule has 8 heteroatoms. The number of hydrogen-bond acceptors (Lipinski definition) is 8. The number of rotatable bonds is 13. The third kappa shape index (κ3) is 13.3. The summed E-state index contributed by atoms with van der Waals surface area (Å²) in [4.78, 5) is 26.5. The lowest BCUT2D eigenvalue weighted by atomic mass is 9.94. The molecule has 2 fully saturated rings. The number of carbonyl (C=O) groups excluding carboxylic acids is 2. The lowest BCUT2D eigenvalue weighted by Crippen LogP contribution is -2.55. The van der Waals surface area contributed by atoms with Crippen LogP contribution in [-0.2, 0) is 19.1 Å². The third-order valence-electron chi connectivity index (χ3n) is 9.51. The van der Waals surface area contributed by atoms with Gasteiger partial charge in [0.15, 0.2) is 0 Å². The van der Waals surface area contributed by atoms with E-state index in [2.05, 4.69) is 89.9 Å². The van der Waals surface area contributed by atoms with Crippen molar-refractivity contribution in [1.82, 2.24) is 10.2 Å². The summed E-state index contributed by atoms with van der Waals surface area (Å²) in [6.07, 6.45) is 1.22. The van der Waals surface area contributed by atoms with Crippen molar-refractivity contribution in [3.8, 4) is 11.5 Å². The zero-order valence-corrected chi connectivity index (χ0v) is 33.9. The van der Waals surface area contributed by atoms with Crippen LogP contribution in [0.1, 0.15) is 108 Å². The number of benzene rings is 4. The second-order valence-corrected chi connectivity index (χ2v) is 16.8. The molecule has 2 heterocycles. The Morgan fingerprint density at radius 3 is 1.31 bits per heavy atom. The van der Waals surface area contributed by atoms with Gasteiger partial charge in [-0.2, -0.15) is 0 Å². The fraction of sp³-hybridized carbons (Fsp3) is 0.447. The van der Waals surface area contributed by atoms with E-state index in [1.807, 2.05) is 84.9 Å². The zero-order valence-electron chi connectivity index (χ0n) is 33.9. The van der Waals surface area contributed by atoms with Crippen molar-refractivity contribution < 1.29 is 28.5 Å². The highest BCUT2D eigenvalue weighted by atomic mass is 16.6. The van der Waals surface area contributed by atoms with E-state index < -0.39 is 11.2 Å². The average Bonchev–Trinajstić information content (AvgIpc) is 3.09. The average molecular weight is 749 g/mol. The van der Waals surface area contributed by atoms with Gasteiger partial charge in [-0.25, -0.2) is 0 Å². The third-order valence-corrected chi connectivity index (χ3v) is 9.51. The van der Waals surface area contributed by atoms with Crippen molar-refractivity contribution in [3.63, 3.8) is 0 Å². The lowest BCUT2D eigenvalue weighted by Gasteiger charge is -2.44. The molecular weight excluding hydrogens is 689 g/mol. The van der Waals surface area contributed by atoms with Crippen LogP contribution >= 0.6 is 0 Å². The summed E-state index contributed by atoms with van der Waals surface area (Å²) in [7, 11) is 0. The van der Waals surface area contributed by atoms with E-state index in [9.17, 15) is 9.59 Å². The molecule has 0 aliphatic carbocycles. The van der Waals surface area contributed by atoms with Crippen LogP contribution in [0.4, 0.5) is 0 Å². The molecule has 0 unspecified atom stereocenters. The Balaban J connectivity index is 0.000000237. The molecule has 1 N–H and O–H groups in total. The summed E-state index contributed by atoms with van der Waals surface area (Å²) in [6.45, 7) is 19.0. The van der Waals surface area contributed by atoms with Crippen LogP contribution in [0.5, 0.6) is 11.5 Å². The van der Waals surface area contributed by atoms with Crippen molar-refractivity contribution in [2.24, 2.45) is 0 Å². The largest absolute Gasteiger partial charge is 0.488 e. The minimum atomic E-state index is -0.453. The summed E-state index contributed by atoms with van der Waals surface area (Å²) in [5, 5.41) is 3.17. The molecule has 8 nitrogen and oxygen atoms in total. The summed E-state index contributed by atoms with van der Waals surface area (Å²) < 4.78 is 22.8. The molecule has 0 radical (unpaired) electrons. The molecule has 0 saturated carbocycles. The van der Waals surface area contributed by atoms with E-state index in [1.54, 1.807) is 0 Å². The maximum Gasteiger partial charge on any atom is 0.306 e. The van der Waals surface area contributed by atoms with Crippen LogP contribution < -0.4 is 14.8 Å². The smallest absolute Gasteiger partial charge is 0.306 e. The molecule has 2 saturated heterocycles. The van der Waals surface area contributed by atoms with Gasteiger partial charge >= 0.3 is 11.9 Å². The Labute approximate surface area is 328 Å². The highest BCUT2D eigenvalue weighted by molar-refractivity contribution is 5.71. The Morgan fingerprint density at radius 2 is 0.964 bits per heavy atom. The lowest BCUT2D eigenvalue weighted by molar-refractivity contribution is -0.156. The predicted molar refractivity (Wildman–Crippen MR) is 219 cm³/mol. The minimum absolute atomic E-state index is 0.0978. The standard InChI is InChI=1S/C30H35NO3.C17H25NO3/c1-22(19-28(32)34-30(2,3)4)23-15-17-26(18-16-23)33-27-20-31(21-27)29(24-11-7-5-8-12-24)25-13-9-6-10-14-25;1-12(9-16(19)21-17(2,3)4)13-5-7-14(8-6-13)20-15-10-18-11-15/h5-18,22,27,29H,19-21H2,1-4H3;5-8,12,15,18H,9-11H2,1-4H3/t22-;12-/m11/s1. The number of esters is 2. The van der Waals surface area contributed by atoms with E-state index in [0.29, 0.717) is 12.8 Å². The predicted octanol–water partition coefficient (Wildman–Crippen LogP) is 9.25. The second kappa shape index (κ2) is 18.8. The Kier molecular flexibility index (Phi) is 14.2. The first-order chi connectivity index (χ1) is 26.1. The molecular formula is C47H60N2O6. The molecule has 4 aromatic rings. The van der Waals surface area contributed by atoms with Crippen molar-refractivity contribution in [1.29, 1.82) is 0 Å². The first kappa shape index (κ1) is 41.5. The van der Waals surface area contributed by atoms with E-state index in [-0.39, 0.29) is 42.0 Å². The highest BCUT2D eigenvalue weighted by Gasteiger charge is 2.35. The quantitative estimate of drug-likeness (QED) is 0.136. The van der Waals surface area contributed by atoms with Crippen LogP contribution in [0.15, 0.2) is 109 Å². The van der Waals surface area contributed by atoms with Crippen LogP contribution in [-0.4, -0.2) is 66.4 Å². The molecule has 6 rings (SSSR count). The maximum absolute atomic E-state index is 12.1. The summed E-state index contributed by atoms with van der Waals surface area (Å²) >= 11 is 0. The van der Waals surface area contributed by atoms with Crippen LogP contribution in [0.25, 0.3) is 0 Å². The van der Waals surface area contributed by atoms with Crippen LogP contribution in [0.2, 0.25) is 0 Å². The normalized spacial score (nSPS) is 16.1. The number of likely N-dealkylation sites (tertiary alicyclic amines) is 1. The van der Waals surface area contributed by atoms with Gasteiger partial charge in [-0.15, -0.1) is 0 Å². The molecule has 2 aliphatic heterocycles. The van der Waals surface area contributed by atoms with Gasteiger partial charge in [-0.1, -0.05) is 98.8 Å². The molecule has 0 aromatic heterocycles. The topological polar surface area (TPSA) is 86.3 Å². The molecule has 294 valence electrons. The van der Waals surface area contributed by atoms with Gasteiger partial charge in [-0.05, 0) is 99.9 Å². The molecule has 4 aromatic carbocycles. The van der Waals surface area contributed by atoms with Gasteiger partial charge in [0, 0.05) is 26.2 Å². The fourth-order valence-electron chi connectivity index (χ4n) is 6.62. The number of carbonyl (C=O) groups is 2. The van der Waals surface area contributed by atoms with Crippen LogP contribution in [0.3, 0.4) is 0 Å². The van der Waals surface area contributed by atoms with Crippen molar-refractivity contribution in [3.05, 3.63) is 131 Å². The van der Waals surface area contributed by atoms with E-state index in [4.69, 9.17) is 18.9 Å². The second-order valence-electron chi connectivity index (χ2n) is 16.8. The maximum atomic E-state index is 12.1. The van der Waals surface area contributed by atoms with Gasteiger partial charge in [0.1, 0.15) is 34.9 Å². The van der Waals surface area contributed by atoms with Crippen molar-refractivity contribution >= 4 is 11.9 Å². The number of nitrogens with zero attached hydrogens (tertiary/aromatic N) is 1. The first-order valence-electron chi connectivity index (χ1n) is 19.6. The first-order valence-corrected chi connectivity index (χ1v) is 19.6. The van der Waals surface area contributed by atoms with Gasteiger partial charge in [-0.3, -0.25) is 14.5 Å². The van der Waals surface area contributed by atoms with E-state index in [0.717, 1.165) is 48.8 Å². The highest BCUT2D eigenvalue weighted by Crippen LogP contribution is 2.34. The SMILES string of the molecule is C[C@H](CC(=O)OC(C)(C)C)c1ccc(OC2CN(C(c3ccccc3)c3ccccc3)C2)cc1.C[C@H](CC(=O)OC(C)(C)C)c1ccc(OC2CNC2)cc1. The molecule has 0 spiro atoms.